The van der Waals surface area contributed by atoms with Gasteiger partial charge in [-0.2, -0.15) is 0 Å². The van der Waals surface area contributed by atoms with Gasteiger partial charge in [-0.1, -0.05) is 19.3 Å². The van der Waals surface area contributed by atoms with Crippen LogP contribution in [0.3, 0.4) is 0 Å². The topological polar surface area (TPSA) is 29.3 Å². The number of nitrogens with two attached hydrogens (primary N) is 1. The SMILES string of the molecule is CC(N)C1(N(C)C)CCCCC1. The molecule has 1 rings (SSSR count). The average Bonchev–Trinajstić information content (AvgIpc) is 2.05. The molecule has 1 fully saturated rings. The molecule has 0 aromatic heterocycles. The van der Waals surface area contributed by atoms with Crippen molar-refractivity contribution in [1.82, 2.24) is 4.90 Å². The molecule has 0 radical (unpaired) electrons. The second-order valence-electron chi connectivity index (χ2n) is 4.35. The molecular formula is C10H22N2. The van der Waals surface area contributed by atoms with Crippen molar-refractivity contribution in [3.05, 3.63) is 0 Å². The van der Waals surface area contributed by atoms with Crippen molar-refractivity contribution >= 4 is 0 Å². The van der Waals surface area contributed by atoms with Crippen molar-refractivity contribution in [2.75, 3.05) is 14.1 Å². The zero-order chi connectivity index (χ0) is 9.19. The monoisotopic (exact) mass is 170 g/mol. The van der Waals surface area contributed by atoms with Gasteiger partial charge >= 0.3 is 0 Å². The fraction of sp³-hybridized carbons (Fsp3) is 1.00. The van der Waals surface area contributed by atoms with Gasteiger partial charge < -0.3 is 10.6 Å². The summed E-state index contributed by atoms with van der Waals surface area (Å²) in [5.41, 5.74) is 6.35. The molecule has 0 aromatic carbocycles. The van der Waals surface area contributed by atoms with E-state index in [-0.39, 0.29) is 5.54 Å². The lowest BCUT2D eigenvalue weighted by Crippen LogP contribution is -2.57. The minimum atomic E-state index is 0.290. The molecule has 1 saturated carbocycles. The van der Waals surface area contributed by atoms with Gasteiger partial charge in [-0.3, -0.25) is 0 Å². The van der Waals surface area contributed by atoms with Crippen LogP contribution in [0.1, 0.15) is 39.0 Å². The Kier molecular flexibility index (Phi) is 3.13. The van der Waals surface area contributed by atoms with Crippen LogP contribution in [0.2, 0.25) is 0 Å². The highest BCUT2D eigenvalue weighted by molar-refractivity contribution is 4.96. The molecule has 1 atom stereocenters. The second-order valence-corrected chi connectivity index (χ2v) is 4.35. The number of hydrogen-bond acceptors (Lipinski definition) is 2. The van der Waals surface area contributed by atoms with Gasteiger partial charge in [-0.25, -0.2) is 0 Å². The van der Waals surface area contributed by atoms with E-state index in [1.54, 1.807) is 0 Å². The highest BCUT2D eigenvalue weighted by atomic mass is 15.2. The summed E-state index contributed by atoms with van der Waals surface area (Å²) >= 11 is 0. The minimum Gasteiger partial charge on any atom is -0.326 e. The molecule has 0 amide bonds. The first kappa shape index (κ1) is 10.0. The molecule has 1 aliphatic rings. The molecule has 0 spiro atoms. The number of likely N-dealkylation sites (N-methyl/N-ethyl adjacent to an activating group) is 1. The molecule has 0 aromatic rings. The fourth-order valence-corrected chi connectivity index (χ4v) is 2.47. The molecule has 0 heterocycles. The maximum absolute atomic E-state index is 6.06. The number of rotatable bonds is 2. The van der Waals surface area contributed by atoms with Gasteiger partial charge in [0.15, 0.2) is 0 Å². The van der Waals surface area contributed by atoms with Crippen molar-refractivity contribution in [3.63, 3.8) is 0 Å². The van der Waals surface area contributed by atoms with Gasteiger partial charge in [0.2, 0.25) is 0 Å². The van der Waals surface area contributed by atoms with Gasteiger partial charge in [-0.05, 0) is 33.9 Å². The Morgan fingerprint density at radius 2 is 1.67 bits per heavy atom. The molecule has 0 saturated heterocycles. The zero-order valence-corrected chi connectivity index (χ0v) is 8.64. The van der Waals surface area contributed by atoms with E-state index in [4.69, 9.17) is 5.73 Å². The standard InChI is InChI=1S/C10H22N2/c1-9(11)10(12(2)3)7-5-4-6-8-10/h9H,4-8,11H2,1-3H3. The van der Waals surface area contributed by atoms with Gasteiger partial charge in [0.1, 0.15) is 0 Å². The third-order valence-electron chi connectivity index (χ3n) is 3.46. The predicted octanol–water partition coefficient (Wildman–Crippen LogP) is 1.60. The summed E-state index contributed by atoms with van der Waals surface area (Å²) in [5, 5.41) is 0. The van der Waals surface area contributed by atoms with E-state index in [2.05, 4.69) is 25.9 Å². The molecule has 2 nitrogen and oxygen atoms in total. The van der Waals surface area contributed by atoms with Gasteiger partial charge in [0.25, 0.3) is 0 Å². The molecular weight excluding hydrogens is 148 g/mol. The van der Waals surface area contributed by atoms with Crippen LogP contribution in [0.5, 0.6) is 0 Å². The van der Waals surface area contributed by atoms with E-state index >= 15 is 0 Å². The van der Waals surface area contributed by atoms with Gasteiger partial charge in [0.05, 0.1) is 0 Å². The summed E-state index contributed by atoms with van der Waals surface area (Å²) in [7, 11) is 4.32. The quantitative estimate of drug-likeness (QED) is 0.682. The summed E-state index contributed by atoms with van der Waals surface area (Å²) in [4.78, 5) is 2.33. The highest BCUT2D eigenvalue weighted by Gasteiger charge is 2.37. The molecule has 2 N–H and O–H groups in total. The Balaban J connectivity index is 2.70. The Morgan fingerprint density at radius 1 is 1.17 bits per heavy atom. The van der Waals surface area contributed by atoms with Crippen LogP contribution in [0, 0.1) is 0 Å². The molecule has 72 valence electrons. The fourth-order valence-electron chi connectivity index (χ4n) is 2.47. The van der Waals surface area contributed by atoms with E-state index in [1.165, 1.54) is 32.1 Å². The zero-order valence-electron chi connectivity index (χ0n) is 8.64. The van der Waals surface area contributed by atoms with Crippen molar-refractivity contribution in [1.29, 1.82) is 0 Å². The number of hydrogen-bond donors (Lipinski definition) is 1. The first-order valence-corrected chi connectivity index (χ1v) is 5.02. The first-order valence-electron chi connectivity index (χ1n) is 5.02. The van der Waals surface area contributed by atoms with E-state index in [0.717, 1.165) is 0 Å². The van der Waals surface area contributed by atoms with Crippen LogP contribution >= 0.6 is 0 Å². The Hall–Kier alpha value is -0.0800. The summed E-state index contributed by atoms with van der Waals surface area (Å²) < 4.78 is 0. The van der Waals surface area contributed by atoms with E-state index in [9.17, 15) is 0 Å². The Bertz CT molecular complexity index is 125. The van der Waals surface area contributed by atoms with E-state index in [1.807, 2.05) is 0 Å². The Labute approximate surface area is 76.1 Å². The van der Waals surface area contributed by atoms with Gasteiger partial charge in [0, 0.05) is 11.6 Å². The molecule has 1 aliphatic carbocycles. The number of nitrogens with zero attached hydrogens (tertiary/aromatic N) is 1. The van der Waals surface area contributed by atoms with Crippen LogP contribution in [-0.2, 0) is 0 Å². The highest BCUT2D eigenvalue weighted by Crippen LogP contribution is 2.33. The lowest BCUT2D eigenvalue weighted by molar-refractivity contribution is 0.0777. The summed E-state index contributed by atoms with van der Waals surface area (Å²) in [6.07, 6.45) is 6.64. The molecule has 0 bridgehead atoms. The lowest BCUT2D eigenvalue weighted by Gasteiger charge is -2.46. The summed E-state index contributed by atoms with van der Waals surface area (Å²) in [6, 6.07) is 0.299. The maximum Gasteiger partial charge on any atom is 0.0351 e. The third kappa shape index (κ3) is 1.64. The maximum atomic E-state index is 6.06. The first-order chi connectivity index (χ1) is 5.59. The van der Waals surface area contributed by atoms with Crippen molar-refractivity contribution in [2.45, 2.75) is 50.6 Å². The lowest BCUT2D eigenvalue weighted by atomic mass is 9.76. The normalized spacial score (nSPS) is 25.8. The van der Waals surface area contributed by atoms with E-state index in [0.29, 0.717) is 6.04 Å². The summed E-state index contributed by atoms with van der Waals surface area (Å²) in [6.45, 7) is 2.14. The molecule has 2 heteroatoms. The molecule has 1 unspecified atom stereocenters. The smallest absolute Gasteiger partial charge is 0.0351 e. The summed E-state index contributed by atoms with van der Waals surface area (Å²) in [5.74, 6) is 0. The molecule has 12 heavy (non-hydrogen) atoms. The van der Waals surface area contributed by atoms with Crippen molar-refractivity contribution in [3.8, 4) is 0 Å². The second kappa shape index (κ2) is 3.75. The van der Waals surface area contributed by atoms with Crippen LogP contribution < -0.4 is 5.73 Å². The average molecular weight is 170 g/mol. The van der Waals surface area contributed by atoms with Crippen LogP contribution in [-0.4, -0.2) is 30.6 Å². The van der Waals surface area contributed by atoms with Gasteiger partial charge in [-0.15, -0.1) is 0 Å². The largest absolute Gasteiger partial charge is 0.326 e. The Morgan fingerprint density at radius 3 is 1.92 bits per heavy atom. The van der Waals surface area contributed by atoms with Crippen molar-refractivity contribution in [2.24, 2.45) is 5.73 Å². The molecule has 0 aliphatic heterocycles. The van der Waals surface area contributed by atoms with E-state index < -0.39 is 0 Å². The van der Waals surface area contributed by atoms with Crippen LogP contribution in [0.15, 0.2) is 0 Å². The third-order valence-corrected chi connectivity index (χ3v) is 3.46. The van der Waals surface area contributed by atoms with Crippen LogP contribution in [0.25, 0.3) is 0 Å². The predicted molar refractivity (Wildman–Crippen MR) is 53.2 cm³/mol. The van der Waals surface area contributed by atoms with Crippen molar-refractivity contribution < 1.29 is 0 Å². The minimum absolute atomic E-state index is 0.290. The van der Waals surface area contributed by atoms with Crippen LogP contribution in [0.4, 0.5) is 0 Å².